The first-order valence-corrected chi connectivity index (χ1v) is 15.5. The lowest BCUT2D eigenvalue weighted by Crippen LogP contribution is -2.53. The molecule has 2 amide bonds. The number of aryl methyl sites for hydroxylation is 1. The number of hydrogen-bond acceptors (Lipinski definition) is 5. The molecule has 0 bridgehead atoms. The van der Waals surface area contributed by atoms with Gasteiger partial charge in [-0.05, 0) is 68.7 Å². The van der Waals surface area contributed by atoms with Crippen LogP contribution >= 0.6 is 0 Å². The summed E-state index contributed by atoms with van der Waals surface area (Å²) in [6.07, 6.45) is 5.15. The number of carbonyl (C=O) groups excluding carboxylic acids is 2. The molecule has 1 saturated carbocycles. The van der Waals surface area contributed by atoms with Gasteiger partial charge in [0.25, 0.3) is 10.0 Å². The number of sulfonamides is 1. The molecule has 218 valence electrons. The monoisotopic (exact) mass is 577 g/mol. The number of anilines is 1. The summed E-state index contributed by atoms with van der Waals surface area (Å²) < 4.78 is 34.2. The van der Waals surface area contributed by atoms with Gasteiger partial charge in [-0.3, -0.25) is 13.9 Å². The van der Waals surface area contributed by atoms with Gasteiger partial charge < -0.3 is 15.0 Å². The highest BCUT2D eigenvalue weighted by Crippen LogP contribution is 2.26. The third-order valence-electron chi connectivity index (χ3n) is 7.56. The summed E-state index contributed by atoms with van der Waals surface area (Å²) in [4.78, 5) is 28.9. The summed E-state index contributed by atoms with van der Waals surface area (Å²) in [5, 5.41) is 3.12. The van der Waals surface area contributed by atoms with Crippen LogP contribution in [0, 0.1) is 6.92 Å². The minimum absolute atomic E-state index is 0.0318. The van der Waals surface area contributed by atoms with Crippen molar-refractivity contribution >= 4 is 27.5 Å². The molecule has 1 aliphatic rings. The van der Waals surface area contributed by atoms with E-state index in [1.54, 1.807) is 43.3 Å². The van der Waals surface area contributed by atoms with Crippen LogP contribution in [-0.2, 0) is 26.2 Å². The van der Waals surface area contributed by atoms with Gasteiger partial charge in [-0.1, -0.05) is 67.3 Å². The molecule has 1 N–H and O–H groups in total. The van der Waals surface area contributed by atoms with Crippen molar-refractivity contribution in [3.05, 3.63) is 90.0 Å². The normalized spacial score (nSPS) is 14.6. The summed E-state index contributed by atoms with van der Waals surface area (Å²) in [6.45, 7) is 3.31. The minimum Gasteiger partial charge on any atom is -0.497 e. The highest BCUT2D eigenvalue weighted by Gasteiger charge is 2.33. The van der Waals surface area contributed by atoms with Gasteiger partial charge >= 0.3 is 0 Å². The van der Waals surface area contributed by atoms with Crippen molar-refractivity contribution in [3.8, 4) is 5.75 Å². The van der Waals surface area contributed by atoms with Crippen molar-refractivity contribution in [1.29, 1.82) is 0 Å². The van der Waals surface area contributed by atoms with Crippen molar-refractivity contribution in [1.82, 2.24) is 10.2 Å². The van der Waals surface area contributed by atoms with Crippen LogP contribution in [-0.4, -0.2) is 50.9 Å². The van der Waals surface area contributed by atoms with Gasteiger partial charge in [-0.15, -0.1) is 0 Å². The SMILES string of the molecule is COc1ccc(S(=O)(=O)N(CC(=O)N(Cc2ccccc2)C(C)C(=O)NC2CCCCC2)c2ccc(C)cc2)cc1. The number of ether oxygens (including phenoxy) is 1. The Labute approximate surface area is 243 Å². The Morgan fingerprint density at radius 2 is 1.56 bits per heavy atom. The second kappa shape index (κ2) is 13.7. The largest absolute Gasteiger partial charge is 0.497 e. The van der Waals surface area contributed by atoms with Gasteiger partial charge in [0.15, 0.2) is 0 Å². The standard InChI is InChI=1S/C32H39N3O5S/c1-24-14-16-28(17-15-24)35(41(38,39)30-20-18-29(40-3)19-21-30)23-31(36)34(22-26-10-6-4-7-11-26)25(2)32(37)33-27-12-8-5-9-13-27/h4,6-7,10-11,14-21,25,27H,5,8-9,12-13,22-23H2,1-3H3,(H,33,37). The smallest absolute Gasteiger partial charge is 0.264 e. The Bertz CT molecular complexity index is 1400. The number of benzene rings is 3. The number of carbonyl (C=O) groups is 2. The molecule has 0 heterocycles. The average Bonchev–Trinajstić information content (AvgIpc) is 2.99. The molecule has 1 atom stereocenters. The molecule has 0 aromatic heterocycles. The molecule has 0 saturated heterocycles. The summed E-state index contributed by atoms with van der Waals surface area (Å²) in [5.41, 5.74) is 2.16. The van der Waals surface area contributed by atoms with Crippen LogP contribution in [0.2, 0.25) is 0 Å². The van der Waals surface area contributed by atoms with E-state index in [4.69, 9.17) is 4.74 Å². The van der Waals surface area contributed by atoms with Gasteiger partial charge in [0.1, 0.15) is 18.3 Å². The van der Waals surface area contributed by atoms with E-state index in [9.17, 15) is 18.0 Å². The molecule has 4 rings (SSSR count). The van der Waals surface area contributed by atoms with E-state index in [0.717, 1.165) is 47.5 Å². The van der Waals surface area contributed by atoms with Gasteiger partial charge in [-0.2, -0.15) is 0 Å². The van der Waals surface area contributed by atoms with Crippen molar-refractivity contribution in [3.63, 3.8) is 0 Å². The Morgan fingerprint density at radius 3 is 2.17 bits per heavy atom. The number of nitrogens with zero attached hydrogens (tertiary/aromatic N) is 2. The molecule has 1 fully saturated rings. The third-order valence-corrected chi connectivity index (χ3v) is 9.35. The lowest BCUT2D eigenvalue weighted by Gasteiger charge is -2.33. The van der Waals surface area contributed by atoms with Crippen LogP contribution in [0.15, 0.2) is 83.8 Å². The quantitative estimate of drug-likeness (QED) is 0.344. The molecule has 1 aliphatic carbocycles. The second-order valence-electron chi connectivity index (χ2n) is 10.5. The summed E-state index contributed by atoms with van der Waals surface area (Å²) in [6, 6.07) is 21.7. The summed E-state index contributed by atoms with van der Waals surface area (Å²) in [5.74, 6) is -0.187. The predicted octanol–water partition coefficient (Wildman–Crippen LogP) is 5.07. The fourth-order valence-corrected chi connectivity index (χ4v) is 6.46. The third kappa shape index (κ3) is 7.67. The van der Waals surface area contributed by atoms with Crippen molar-refractivity contribution in [2.75, 3.05) is 18.0 Å². The molecule has 0 spiro atoms. The molecular weight excluding hydrogens is 538 g/mol. The maximum atomic E-state index is 14.0. The number of nitrogens with one attached hydrogen (secondary N) is 1. The highest BCUT2D eigenvalue weighted by atomic mass is 32.2. The minimum atomic E-state index is -4.13. The van der Waals surface area contributed by atoms with E-state index >= 15 is 0 Å². The predicted molar refractivity (Wildman–Crippen MR) is 160 cm³/mol. The fourth-order valence-electron chi connectivity index (χ4n) is 5.05. The maximum Gasteiger partial charge on any atom is 0.264 e. The molecule has 41 heavy (non-hydrogen) atoms. The van der Waals surface area contributed by atoms with Crippen LogP contribution in [0.25, 0.3) is 0 Å². The first-order valence-electron chi connectivity index (χ1n) is 14.1. The van der Waals surface area contributed by atoms with Crippen LogP contribution in [0.1, 0.15) is 50.2 Å². The zero-order valence-electron chi connectivity index (χ0n) is 24.0. The van der Waals surface area contributed by atoms with Crippen LogP contribution in [0.5, 0.6) is 5.75 Å². The number of rotatable bonds is 11. The van der Waals surface area contributed by atoms with E-state index in [1.807, 2.05) is 37.3 Å². The fraction of sp³-hybridized carbons (Fsp3) is 0.375. The summed E-state index contributed by atoms with van der Waals surface area (Å²) in [7, 11) is -2.62. The van der Waals surface area contributed by atoms with Crippen LogP contribution in [0.3, 0.4) is 0 Å². The average molecular weight is 578 g/mol. The number of methoxy groups -OCH3 is 1. The highest BCUT2D eigenvalue weighted by molar-refractivity contribution is 7.92. The number of hydrogen-bond donors (Lipinski definition) is 1. The molecule has 0 radical (unpaired) electrons. The van der Waals surface area contributed by atoms with Gasteiger partial charge in [0.2, 0.25) is 11.8 Å². The van der Waals surface area contributed by atoms with E-state index in [0.29, 0.717) is 11.4 Å². The van der Waals surface area contributed by atoms with Crippen molar-refractivity contribution in [2.24, 2.45) is 0 Å². The summed E-state index contributed by atoms with van der Waals surface area (Å²) >= 11 is 0. The zero-order chi connectivity index (χ0) is 29.4. The first-order chi connectivity index (χ1) is 19.7. The molecule has 3 aromatic carbocycles. The molecule has 9 heteroatoms. The van der Waals surface area contributed by atoms with E-state index in [-0.39, 0.29) is 23.4 Å². The van der Waals surface area contributed by atoms with Gasteiger partial charge in [-0.25, -0.2) is 8.42 Å². The topological polar surface area (TPSA) is 96.0 Å². The van der Waals surface area contributed by atoms with Gasteiger partial charge in [0, 0.05) is 12.6 Å². The lowest BCUT2D eigenvalue weighted by molar-refractivity contribution is -0.139. The molecule has 8 nitrogen and oxygen atoms in total. The maximum absolute atomic E-state index is 14.0. The van der Waals surface area contributed by atoms with Crippen molar-refractivity contribution in [2.45, 2.75) is 69.5 Å². The van der Waals surface area contributed by atoms with E-state index < -0.39 is 28.5 Å². The van der Waals surface area contributed by atoms with Crippen molar-refractivity contribution < 1.29 is 22.7 Å². The molecule has 0 aliphatic heterocycles. The van der Waals surface area contributed by atoms with Crippen LogP contribution in [0.4, 0.5) is 5.69 Å². The first kappa shape index (κ1) is 30.1. The number of amides is 2. The van der Waals surface area contributed by atoms with Gasteiger partial charge in [0.05, 0.1) is 17.7 Å². The van der Waals surface area contributed by atoms with Crippen LogP contribution < -0.4 is 14.4 Å². The zero-order valence-corrected chi connectivity index (χ0v) is 24.8. The second-order valence-corrected chi connectivity index (χ2v) is 12.4. The lowest BCUT2D eigenvalue weighted by atomic mass is 9.95. The molecule has 3 aromatic rings. The molecular formula is C32H39N3O5S. The Morgan fingerprint density at radius 1 is 0.927 bits per heavy atom. The van der Waals surface area contributed by atoms with E-state index in [1.165, 1.54) is 24.1 Å². The molecule has 1 unspecified atom stereocenters. The Balaban J connectivity index is 1.65. The van der Waals surface area contributed by atoms with E-state index in [2.05, 4.69) is 5.32 Å². The Kier molecular flexibility index (Phi) is 10.0. The Hall–Kier alpha value is -3.85.